The zero-order valence-electron chi connectivity index (χ0n) is 16.4. The lowest BCUT2D eigenvalue weighted by molar-refractivity contribution is 0.0521. The Morgan fingerprint density at radius 1 is 0.966 bits per heavy atom. The molecule has 0 radical (unpaired) electrons. The van der Waals surface area contributed by atoms with E-state index in [1.54, 1.807) is 19.1 Å². The largest absolute Gasteiger partial charge is 0.491 e. The number of halogens is 1. The van der Waals surface area contributed by atoms with Gasteiger partial charge in [0.2, 0.25) is 0 Å². The minimum atomic E-state index is -0.476. The maximum absolute atomic E-state index is 12.4. The molecule has 0 saturated heterocycles. The summed E-state index contributed by atoms with van der Waals surface area (Å²) in [5.74, 6) is 0.832. The predicted octanol–water partition coefficient (Wildman–Crippen LogP) is 4.99. The summed E-state index contributed by atoms with van der Waals surface area (Å²) < 4.78 is 16.1. The van der Waals surface area contributed by atoms with Crippen LogP contribution in [0.5, 0.6) is 5.75 Å². The maximum Gasteiger partial charge on any atom is 0.359 e. The van der Waals surface area contributed by atoms with E-state index < -0.39 is 5.97 Å². The Morgan fingerprint density at radius 3 is 2.31 bits per heavy atom. The lowest BCUT2D eigenvalue weighted by Crippen LogP contribution is -2.06. The minimum Gasteiger partial charge on any atom is -0.491 e. The zero-order chi connectivity index (χ0) is 20.6. The average Bonchev–Trinajstić information content (AvgIpc) is 3.18. The Morgan fingerprint density at radius 2 is 1.66 bits per heavy atom. The summed E-state index contributed by atoms with van der Waals surface area (Å²) in [4.78, 5) is 20.1. The van der Waals surface area contributed by atoms with Crippen LogP contribution in [0.15, 0.2) is 48.5 Å². The van der Waals surface area contributed by atoms with Gasteiger partial charge in [-0.2, -0.15) is 0 Å². The second-order valence-electron chi connectivity index (χ2n) is 6.11. The van der Waals surface area contributed by atoms with Crippen LogP contribution in [0.3, 0.4) is 0 Å². The molecule has 0 bridgehead atoms. The Bertz CT molecular complexity index is 936. The molecule has 1 N–H and O–H groups in total. The number of imidazole rings is 1. The van der Waals surface area contributed by atoms with Gasteiger partial charge >= 0.3 is 5.97 Å². The topological polar surface area (TPSA) is 73.4 Å². The molecule has 0 fully saturated rings. The van der Waals surface area contributed by atoms with E-state index in [2.05, 4.69) is 9.97 Å². The number of H-pyrrole nitrogens is 1. The Labute approximate surface area is 174 Å². The maximum atomic E-state index is 12.4. The first-order chi connectivity index (χ1) is 14.1. The van der Waals surface area contributed by atoms with Gasteiger partial charge in [0.05, 0.1) is 18.9 Å². The fourth-order valence-corrected chi connectivity index (χ4v) is 2.88. The van der Waals surface area contributed by atoms with Crippen LogP contribution in [-0.4, -0.2) is 42.4 Å². The molecule has 1 aromatic heterocycles. The summed E-state index contributed by atoms with van der Waals surface area (Å²) in [6, 6.07) is 14.7. The van der Waals surface area contributed by atoms with Crippen molar-refractivity contribution < 1.29 is 19.0 Å². The third-order valence-electron chi connectivity index (χ3n) is 4.13. The van der Waals surface area contributed by atoms with E-state index in [9.17, 15) is 4.79 Å². The van der Waals surface area contributed by atoms with E-state index in [-0.39, 0.29) is 12.3 Å². The second kappa shape index (κ2) is 10.1. The average molecular weight is 415 g/mol. The van der Waals surface area contributed by atoms with Crippen LogP contribution in [-0.2, 0) is 9.47 Å². The molecular weight excluding hydrogens is 392 g/mol. The van der Waals surface area contributed by atoms with Crippen LogP contribution in [0.1, 0.15) is 24.3 Å². The number of hydrogen-bond acceptors (Lipinski definition) is 5. The van der Waals surface area contributed by atoms with Gasteiger partial charge in [0.25, 0.3) is 0 Å². The Hall–Kier alpha value is -2.83. The summed E-state index contributed by atoms with van der Waals surface area (Å²) in [7, 11) is 0. The number of aromatic nitrogens is 2. The van der Waals surface area contributed by atoms with Crippen LogP contribution in [0.4, 0.5) is 0 Å². The van der Waals surface area contributed by atoms with Gasteiger partial charge in [0.15, 0.2) is 5.69 Å². The smallest absolute Gasteiger partial charge is 0.359 e. The molecule has 0 aliphatic carbocycles. The number of rotatable bonds is 9. The SMILES string of the molecule is CCOCCOc1ccc(-c2nc(C(=O)OCC)c(-c3ccc(Cl)cc3)[nH]2)cc1. The highest BCUT2D eigenvalue weighted by molar-refractivity contribution is 6.30. The molecule has 0 atom stereocenters. The number of nitrogens with one attached hydrogen (secondary N) is 1. The zero-order valence-corrected chi connectivity index (χ0v) is 17.2. The van der Waals surface area contributed by atoms with E-state index in [0.29, 0.717) is 36.4 Å². The number of aromatic amines is 1. The second-order valence-corrected chi connectivity index (χ2v) is 6.54. The lowest BCUT2D eigenvalue weighted by Gasteiger charge is -2.06. The number of benzene rings is 2. The first-order valence-corrected chi connectivity index (χ1v) is 9.84. The molecule has 7 heteroatoms. The van der Waals surface area contributed by atoms with Crippen molar-refractivity contribution >= 4 is 17.6 Å². The van der Waals surface area contributed by atoms with Gasteiger partial charge in [-0.3, -0.25) is 0 Å². The first-order valence-electron chi connectivity index (χ1n) is 9.46. The van der Waals surface area contributed by atoms with Crippen LogP contribution >= 0.6 is 11.6 Å². The van der Waals surface area contributed by atoms with E-state index >= 15 is 0 Å². The van der Waals surface area contributed by atoms with Crippen molar-refractivity contribution in [2.45, 2.75) is 13.8 Å². The third-order valence-corrected chi connectivity index (χ3v) is 4.39. The molecule has 152 valence electrons. The fourth-order valence-electron chi connectivity index (χ4n) is 2.75. The Kier molecular flexibility index (Phi) is 7.27. The van der Waals surface area contributed by atoms with Gasteiger partial charge in [-0.1, -0.05) is 23.7 Å². The molecule has 3 aromatic rings. The lowest BCUT2D eigenvalue weighted by atomic mass is 10.1. The normalized spacial score (nSPS) is 10.7. The van der Waals surface area contributed by atoms with Gasteiger partial charge in [-0.15, -0.1) is 0 Å². The van der Waals surface area contributed by atoms with Gasteiger partial charge in [-0.25, -0.2) is 9.78 Å². The van der Waals surface area contributed by atoms with Crippen LogP contribution < -0.4 is 4.74 Å². The molecule has 6 nitrogen and oxygen atoms in total. The van der Waals surface area contributed by atoms with Gasteiger partial charge in [0.1, 0.15) is 18.2 Å². The van der Waals surface area contributed by atoms with Crippen LogP contribution in [0.2, 0.25) is 5.02 Å². The third kappa shape index (κ3) is 5.37. The van der Waals surface area contributed by atoms with Crippen LogP contribution in [0.25, 0.3) is 22.6 Å². The van der Waals surface area contributed by atoms with Crippen LogP contribution in [0, 0.1) is 0 Å². The van der Waals surface area contributed by atoms with Crippen molar-refractivity contribution in [3.63, 3.8) is 0 Å². The quantitative estimate of drug-likeness (QED) is 0.394. The molecule has 0 aliphatic heterocycles. The molecule has 0 amide bonds. The van der Waals surface area contributed by atoms with E-state index in [0.717, 1.165) is 16.9 Å². The molecule has 0 spiro atoms. The van der Waals surface area contributed by atoms with Crippen molar-refractivity contribution in [2.75, 3.05) is 26.4 Å². The predicted molar refractivity (Wildman–Crippen MR) is 112 cm³/mol. The molecule has 0 unspecified atom stereocenters. The summed E-state index contributed by atoms with van der Waals surface area (Å²) in [5.41, 5.74) is 2.45. The van der Waals surface area contributed by atoms with Crippen molar-refractivity contribution in [3.05, 3.63) is 59.2 Å². The van der Waals surface area contributed by atoms with E-state index in [1.165, 1.54) is 0 Å². The highest BCUT2D eigenvalue weighted by Crippen LogP contribution is 2.28. The minimum absolute atomic E-state index is 0.237. The van der Waals surface area contributed by atoms with Gasteiger partial charge in [0, 0.05) is 22.8 Å². The van der Waals surface area contributed by atoms with Crippen molar-refractivity contribution in [2.24, 2.45) is 0 Å². The number of esters is 1. The fraction of sp³-hybridized carbons (Fsp3) is 0.273. The number of ether oxygens (including phenoxy) is 3. The molecule has 29 heavy (non-hydrogen) atoms. The number of carbonyl (C=O) groups excluding carboxylic acids is 1. The molecule has 3 rings (SSSR count). The summed E-state index contributed by atoms with van der Waals surface area (Å²) in [6.07, 6.45) is 0. The van der Waals surface area contributed by atoms with E-state index in [4.69, 9.17) is 25.8 Å². The van der Waals surface area contributed by atoms with Crippen molar-refractivity contribution in [3.8, 4) is 28.4 Å². The highest BCUT2D eigenvalue weighted by atomic mass is 35.5. The standard InChI is InChI=1S/C22H23ClN2O4/c1-3-27-13-14-29-18-11-7-16(8-12-18)21-24-19(15-5-9-17(23)10-6-15)20(25-21)22(26)28-4-2/h5-12H,3-4,13-14H2,1-2H3,(H,24,25). The van der Waals surface area contributed by atoms with Crippen molar-refractivity contribution in [1.82, 2.24) is 9.97 Å². The number of nitrogens with zero attached hydrogens (tertiary/aromatic N) is 1. The summed E-state index contributed by atoms with van der Waals surface area (Å²) in [6.45, 7) is 5.68. The first kappa shape index (κ1) is 20.9. The molecular formula is C22H23ClN2O4. The molecule has 0 saturated carbocycles. The summed E-state index contributed by atoms with van der Waals surface area (Å²) >= 11 is 5.98. The van der Waals surface area contributed by atoms with Gasteiger partial charge < -0.3 is 19.2 Å². The van der Waals surface area contributed by atoms with Gasteiger partial charge in [-0.05, 0) is 50.2 Å². The monoisotopic (exact) mass is 414 g/mol. The molecule has 0 aliphatic rings. The molecule has 1 heterocycles. The molecule has 2 aromatic carbocycles. The summed E-state index contributed by atoms with van der Waals surface area (Å²) in [5, 5.41) is 0.617. The number of carbonyl (C=O) groups is 1. The van der Waals surface area contributed by atoms with Crippen molar-refractivity contribution in [1.29, 1.82) is 0 Å². The number of hydrogen-bond donors (Lipinski definition) is 1. The van der Waals surface area contributed by atoms with E-state index in [1.807, 2.05) is 43.3 Å². The Balaban J connectivity index is 1.86. The highest BCUT2D eigenvalue weighted by Gasteiger charge is 2.20.